The quantitative estimate of drug-likeness (QED) is 0.578. The smallest absolute Gasteiger partial charge is 0.259 e. The molecular weight excluding hydrogens is 360 g/mol. The van der Waals surface area contributed by atoms with E-state index in [4.69, 9.17) is 4.98 Å². The topological polar surface area (TPSA) is 76.6 Å². The van der Waals surface area contributed by atoms with Gasteiger partial charge in [0, 0.05) is 17.1 Å². The highest BCUT2D eigenvalue weighted by molar-refractivity contribution is 7.17. The Balaban J connectivity index is 1.62. The highest BCUT2D eigenvalue weighted by atomic mass is 32.1. The third-order valence-electron chi connectivity index (χ3n) is 5.12. The fraction of sp³-hybridized carbons (Fsp3) is 0.368. The summed E-state index contributed by atoms with van der Waals surface area (Å²) in [4.78, 5) is 23.9. The second-order valence-electron chi connectivity index (χ2n) is 7.15. The molecule has 4 aromatic rings. The van der Waals surface area contributed by atoms with Crippen molar-refractivity contribution in [1.82, 2.24) is 29.3 Å². The van der Waals surface area contributed by atoms with Crippen LogP contribution in [0.5, 0.6) is 0 Å². The Bertz CT molecular complexity index is 1210. The monoisotopic (exact) mass is 380 g/mol. The third-order valence-corrected chi connectivity index (χ3v) is 6.26. The number of nitrogens with one attached hydrogen (secondary N) is 1. The van der Waals surface area contributed by atoms with Gasteiger partial charge in [-0.3, -0.25) is 9.20 Å². The zero-order valence-corrected chi connectivity index (χ0v) is 16.1. The van der Waals surface area contributed by atoms with E-state index < -0.39 is 0 Å². The summed E-state index contributed by atoms with van der Waals surface area (Å²) in [5.41, 5.74) is 3.99. The molecule has 4 aromatic heterocycles. The van der Waals surface area contributed by atoms with Crippen molar-refractivity contribution < 1.29 is 0 Å². The van der Waals surface area contributed by atoms with Crippen LogP contribution in [-0.2, 0) is 0 Å². The molecule has 1 N–H and O–H groups in total. The molecular formula is C19H20N6OS. The SMILES string of the molecule is Cc1cn2nc(-c3cc(=O)n4cc(C5CCNCC5)sc4n3)cc(C)c2n1. The second kappa shape index (κ2) is 6.24. The number of hydrogen-bond acceptors (Lipinski definition) is 6. The maximum Gasteiger partial charge on any atom is 0.259 e. The average Bonchev–Trinajstić information content (AvgIpc) is 3.26. The lowest BCUT2D eigenvalue weighted by atomic mass is 9.97. The first-order chi connectivity index (χ1) is 13.1. The highest BCUT2D eigenvalue weighted by Crippen LogP contribution is 2.31. The Kier molecular flexibility index (Phi) is 3.84. The molecule has 0 radical (unpaired) electrons. The molecule has 5 rings (SSSR count). The van der Waals surface area contributed by atoms with Gasteiger partial charge in [0.25, 0.3) is 5.56 Å². The number of thiazole rings is 1. The van der Waals surface area contributed by atoms with Crippen LogP contribution >= 0.6 is 11.3 Å². The highest BCUT2D eigenvalue weighted by Gasteiger charge is 2.19. The summed E-state index contributed by atoms with van der Waals surface area (Å²) in [6, 6.07) is 3.52. The van der Waals surface area contributed by atoms with E-state index in [1.165, 1.54) is 4.88 Å². The number of hydrogen-bond donors (Lipinski definition) is 1. The zero-order valence-electron chi connectivity index (χ0n) is 15.3. The van der Waals surface area contributed by atoms with Crippen LogP contribution in [0.1, 0.15) is 34.9 Å². The minimum absolute atomic E-state index is 0.0622. The van der Waals surface area contributed by atoms with Gasteiger partial charge in [0.05, 0.1) is 17.6 Å². The van der Waals surface area contributed by atoms with E-state index in [0.717, 1.165) is 47.8 Å². The van der Waals surface area contributed by atoms with Crippen LogP contribution in [0.25, 0.3) is 22.0 Å². The molecule has 27 heavy (non-hydrogen) atoms. The summed E-state index contributed by atoms with van der Waals surface area (Å²) in [5.74, 6) is 0.506. The lowest BCUT2D eigenvalue weighted by molar-refractivity contribution is 0.464. The summed E-state index contributed by atoms with van der Waals surface area (Å²) in [6.45, 7) is 6.00. The van der Waals surface area contributed by atoms with Crippen molar-refractivity contribution in [3.05, 3.63) is 51.0 Å². The molecule has 138 valence electrons. The first-order valence-electron chi connectivity index (χ1n) is 9.16. The second-order valence-corrected chi connectivity index (χ2v) is 8.19. The number of nitrogens with zero attached hydrogens (tertiary/aromatic N) is 5. The number of fused-ring (bicyclic) bond motifs is 2. The fourth-order valence-electron chi connectivity index (χ4n) is 3.72. The molecule has 0 unspecified atom stereocenters. The minimum atomic E-state index is -0.0622. The Hall–Kier alpha value is -2.58. The van der Waals surface area contributed by atoms with E-state index >= 15 is 0 Å². The molecule has 1 saturated heterocycles. The van der Waals surface area contributed by atoms with E-state index in [-0.39, 0.29) is 5.56 Å². The van der Waals surface area contributed by atoms with Gasteiger partial charge in [0.1, 0.15) is 5.69 Å². The summed E-state index contributed by atoms with van der Waals surface area (Å²) in [7, 11) is 0. The maximum atomic E-state index is 12.7. The van der Waals surface area contributed by atoms with Crippen molar-refractivity contribution in [3.63, 3.8) is 0 Å². The van der Waals surface area contributed by atoms with E-state index in [2.05, 4.69) is 15.4 Å². The Morgan fingerprint density at radius 3 is 2.74 bits per heavy atom. The van der Waals surface area contributed by atoms with E-state index in [1.807, 2.05) is 32.3 Å². The summed E-state index contributed by atoms with van der Waals surface area (Å²) >= 11 is 1.62. The van der Waals surface area contributed by atoms with Crippen LogP contribution < -0.4 is 10.9 Å². The van der Waals surface area contributed by atoms with Crippen molar-refractivity contribution >= 4 is 21.9 Å². The first kappa shape index (κ1) is 16.6. The van der Waals surface area contributed by atoms with E-state index in [0.29, 0.717) is 17.3 Å². The van der Waals surface area contributed by atoms with Gasteiger partial charge in [-0.1, -0.05) is 0 Å². The fourth-order valence-corrected chi connectivity index (χ4v) is 4.87. The Labute approximate surface area is 159 Å². The molecule has 8 heteroatoms. The molecule has 7 nitrogen and oxygen atoms in total. The summed E-state index contributed by atoms with van der Waals surface area (Å²) < 4.78 is 3.43. The summed E-state index contributed by atoms with van der Waals surface area (Å²) in [6.07, 6.45) is 6.06. The van der Waals surface area contributed by atoms with Gasteiger partial charge in [0.15, 0.2) is 10.6 Å². The lowest BCUT2D eigenvalue weighted by Crippen LogP contribution is -2.26. The lowest BCUT2D eigenvalue weighted by Gasteiger charge is -2.20. The Morgan fingerprint density at radius 1 is 1.11 bits per heavy atom. The van der Waals surface area contributed by atoms with Crippen molar-refractivity contribution in [2.45, 2.75) is 32.6 Å². The van der Waals surface area contributed by atoms with Gasteiger partial charge in [-0.2, -0.15) is 5.10 Å². The molecule has 1 aliphatic heterocycles. The number of imidazole rings is 1. The number of piperidine rings is 1. The maximum absolute atomic E-state index is 12.7. The number of rotatable bonds is 2. The molecule has 0 aromatic carbocycles. The Morgan fingerprint density at radius 2 is 1.93 bits per heavy atom. The van der Waals surface area contributed by atoms with Crippen LogP contribution in [0.2, 0.25) is 0 Å². The summed E-state index contributed by atoms with van der Waals surface area (Å²) in [5, 5.41) is 8.00. The minimum Gasteiger partial charge on any atom is -0.317 e. The number of aryl methyl sites for hydroxylation is 2. The number of aromatic nitrogens is 5. The van der Waals surface area contributed by atoms with Crippen molar-refractivity contribution in [1.29, 1.82) is 0 Å². The molecule has 0 spiro atoms. The van der Waals surface area contributed by atoms with Gasteiger partial charge < -0.3 is 5.32 Å². The molecule has 0 saturated carbocycles. The van der Waals surface area contributed by atoms with Crippen LogP contribution in [0, 0.1) is 13.8 Å². The molecule has 1 fully saturated rings. The van der Waals surface area contributed by atoms with Crippen molar-refractivity contribution in [2.24, 2.45) is 0 Å². The third kappa shape index (κ3) is 2.85. The molecule has 5 heterocycles. The van der Waals surface area contributed by atoms with Gasteiger partial charge >= 0.3 is 0 Å². The molecule has 0 amide bonds. The first-order valence-corrected chi connectivity index (χ1v) is 9.98. The largest absolute Gasteiger partial charge is 0.317 e. The predicted octanol–water partition coefficient (Wildman–Crippen LogP) is 2.55. The normalized spacial score (nSPS) is 15.8. The standard InChI is InChI=1S/C19H20N6OS/c1-11-7-15(23-25-9-12(2)21-18(11)25)14-8-17(26)24-10-16(27-19(24)22-14)13-3-5-20-6-4-13/h7-10,13,20H,3-6H2,1-2H3. The van der Waals surface area contributed by atoms with E-state index in [1.54, 1.807) is 26.3 Å². The molecule has 1 aliphatic rings. The predicted molar refractivity (Wildman–Crippen MR) is 106 cm³/mol. The van der Waals surface area contributed by atoms with Gasteiger partial charge in [-0.25, -0.2) is 14.5 Å². The van der Waals surface area contributed by atoms with Gasteiger partial charge in [-0.05, 0) is 57.3 Å². The van der Waals surface area contributed by atoms with Crippen LogP contribution in [-0.4, -0.2) is 37.1 Å². The zero-order chi connectivity index (χ0) is 18.5. The average molecular weight is 380 g/mol. The molecule has 0 atom stereocenters. The van der Waals surface area contributed by atoms with Gasteiger partial charge in [-0.15, -0.1) is 11.3 Å². The van der Waals surface area contributed by atoms with Crippen LogP contribution in [0.4, 0.5) is 0 Å². The van der Waals surface area contributed by atoms with Crippen molar-refractivity contribution in [3.8, 4) is 11.4 Å². The van der Waals surface area contributed by atoms with Crippen LogP contribution in [0.3, 0.4) is 0 Å². The van der Waals surface area contributed by atoms with Crippen molar-refractivity contribution in [2.75, 3.05) is 13.1 Å². The van der Waals surface area contributed by atoms with Gasteiger partial charge in [0.2, 0.25) is 0 Å². The molecule has 0 aliphatic carbocycles. The van der Waals surface area contributed by atoms with Crippen LogP contribution in [0.15, 0.2) is 29.3 Å². The van der Waals surface area contributed by atoms with E-state index in [9.17, 15) is 4.79 Å². The molecule has 0 bridgehead atoms.